The molecule has 2 N–H and O–H groups in total. The molecule has 0 amide bonds. The van der Waals surface area contributed by atoms with Crippen molar-refractivity contribution < 1.29 is 13.3 Å². The molecule has 1 rings (SSSR count). The molecule has 90 valence electrons. The highest BCUT2D eigenvalue weighted by Crippen LogP contribution is 2.18. The fourth-order valence-electron chi connectivity index (χ4n) is 1.14. The summed E-state index contributed by atoms with van der Waals surface area (Å²) < 4.78 is 24.8. The van der Waals surface area contributed by atoms with Gasteiger partial charge in [-0.25, -0.2) is 4.72 Å². The predicted octanol–water partition coefficient (Wildman–Crippen LogP) is 1.04. The Kier molecular flexibility index (Phi) is 4.28. The minimum absolute atomic E-state index is 0.311. The lowest BCUT2D eigenvalue weighted by Gasteiger charge is -2.10. The van der Waals surface area contributed by atoms with Crippen molar-refractivity contribution in [3.8, 4) is 5.75 Å². The maximum atomic E-state index is 11.3. The quantitative estimate of drug-likeness (QED) is 0.760. The Hall–Kier alpha value is -1.11. The van der Waals surface area contributed by atoms with Crippen molar-refractivity contribution in [2.24, 2.45) is 0 Å². The molecule has 1 aromatic rings. The standard InChI is InChI=1S/C10H16N2O3S/c1-4-11-16(13,14)12-15-10-7-8(2)5-6-9(10)3/h5-7,11-12H,4H2,1-3H3. The van der Waals surface area contributed by atoms with Crippen molar-refractivity contribution in [1.82, 2.24) is 9.61 Å². The van der Waals surface area contributed by atoms with Crippen LogP contribution in [0.2, 0.25) is 0 Å². The topological polar surface area (TPSA) is 67.4 Å². The van der Waals surface area contributed by atoms with Crippen LogP contribution in [0.1, 0.15) is 18.1 Å². The molecule has 0 heterocycles. The van der Waals surface area contributed by atoms with Gasteiger partial charge in [-0.3, -0.25) is 0 Å². The maximum absolute atomic E-state index is 11.3. The van der Waals surface area contributed by atoms with Crippen LogP contribution in [0.15, 0.2) is 18.2 Å². The van der Waals surface area contributed by atoms with Gasteiger partial charge in [0.05, 0.1) is 0 Å². The van der Waals surface area contributed by atoms with Crippen molar-refractivity contribution >= 4 is 10.2 Å². The Morgan fingerprint density at radius 2 is 2.00 bits per heavy atom. The van der Waals surface area contributed by atoms with Crippen LogP contribution >= 0.6 is 0 Å². The van der Waals surface area contributed by atoms with E-state index >= 15 is 0 Å². The number of hydrogen-bond acceptors (Lipinski definition) is 3. The first-order valence-electron chi connectivity index (χ1n) is 4.95. The highest BCUT2D eigenvalue weighted by atomic mass is 32.2. The van der Waals surface area contributed by atoms with E-state index in [1.807, 2.05) is 30.9 Å². The van der Waals surface area contributed by atoms with E-state index in [0.29, 0.717) is 12.3 Å². The van der Waals surface area contributed by atoms with Crippen molar-refractivity contribution in [1.29, 1.82) is 0 Å². The Balaban J connectivity index is 2.71. The first-order chi connectivity index (χ1) is 7.44. The first kappa shape index (κ1) is 13.0. The zero-order chi connectivity index (χ0) is 12.2. The number of hydrogen-bond donors (Lipinski definition) is 2. The van der Waals surface area contributed by atoms with E-state index < -0.39 is 10.2 Å². The Morgan fingerprint density at radius 1 is 1.31 bits per heavy atom. The normalized spacial score (nSPS) is 11.4. The van der Waals surface area contributed by atoms with Crippen LogP contribution in [-0.4, -0.2) is 15.0 Å². The molecule has 0 bridgehead atoms. The van der Waals surface area contributed by atoms with E-state index in [4.69, 9.17) is 4.84 Å². The van der Waals surface area contributed by atoms with Gasteiger partial charge in [-0.2, -0.15) is 8.42 Å². The zero-order valence-corrected chi connectivity index (χ0v) is 10.4. The summed E-state index contributed by atoms with van der Waals surface area (Å²) in [6, 6.07) is 5.57. The van der Waals surface area contributed by atoms with Gasteiger partial charge in [0.25, 0.3) is 0 Å². The van der Waals surface area contributed by atoms with Crippen LogP contribution in [0, 0.1) is 13.8 Å². The average Bonchev–Trinajstić information content (AvgIpc) is 2.19. The van der Waals surface area contributed by atoms with E-state index in [0.717, 1.165) is 11.1 Å². The smallest absolute Gasteiger partial charge is 0.308 e. The highest BCUT2D eigenvalue weighted by molar-refractivity contribution is 7.87. The number of benzene rings is 1. The summed E-state index contributed by atoms with van der Waals surface area (Å²) in [6.45, 7) is 5.75. The van der Waals surface area contributed by atoms with Crippen molar-refractivity contribution in [2.75, 3.05) is 6.54 Å². The van der Waals surface area contributed by atoms with Crippen molar-refractivity contribution in [3.05, 3.63) is 29.3 Å². The Labute approximate surface area is 96.0 Å². The summed E-state index contributed by atoms with van der Waals surface area (Å²) in [7, 11) is -3.58. The molecule has 0 fully saturated rings. The number of nitrogens with one attached hydrogen (secondary N) is 2. The third-order valence-electron chi connectivity index (χ3n) is 1.94. The lowest BCUT2D eigenvalue weighted by molar-refractivity contribution is 0.265. The van der Waals surface area contributed by atoms with Gasteiger partial charge in [0.2, 0.25) is 0 Å². The van der Waals surface area contributed by atoms with Crippen molar-refractivity contribution in [3.63, 3.8) is 0 Å². The summed E-state index contributed by atoms with van der Waals surface area (Å²) in [4.78, 5) is 7.04. The second-order valence-electron chi connectivity index (χ2n) is 3.46. The minimum atomic E-state index is -3.58. The molecular formula is C10H16N2O3S. The predicted molar refractivity (Wildman–Crippen MR) is 62.3 cm³/mol. The molecule has 16 heavy (non-hydrogen) atoms. The zero-order valence-electron chi connectivity index (χ0n) is 9.57. The van der Waals surface area contributed by atoms with Crippen LogP contribution in [0.25, 0.3) is 0 Å². The van der Waals surface area contributed by atoms with Gasteiger partial charge in [-0.05, 0) is 35.9 Å². The fraction of sp³-hybridized carbons (Fsp3) is 0.400. The lowest BCUT2D eigenvalue weighted by Crippen LogP contribution is -2.38. The highest BCUT2D eigenvalue weighted by Gasteiger charge is 2.09. The van der Waals surface area contributed by atoms with Gasteiger partial charge in [0.1, 0.15) is 0 Å². The van der Waals surface area contributed by atoms with Gasteiger partial charge >= 0.3 is 10.2 Å². The average molecular weight is 244 g/mol. The van der Waals surface area contributed by atoms with E-state index in [9.17, 15) is 8.42 Å². The third kappa shape index (κ3) is 3.80. The molecule has 0 aliphatic rings. The van der Waals surface area contributed by atoms with Crippen LogP contribution < -0.4 is 14.4 Å². The van der Waals surface area contributed by atoms with E-state index in [1.165, 1.54) is 0 Å². The molecule has 0 radical (unpaired) electrons. The summed E-state index contributed by atoms with van der Waals surface area (Å²) in [5, 5.41) is 0. The molecule has 0 spiro atoms. The Bertz CT molecular complexity index is 457. The largest absolute Gasteiger partial charge is 0.393 e. The van der Waals surface area contributed by atoms with E-state index in [-0.39, 0.29) is 0 Å². The molecule has 0 saturated carbocycles. The van der Waals surface area contributed by atoms with Crippen LogP contribution in [-0.2, 0) is 10.2 Å². The van der Waals surface area contributed by atoms with E-state index in [1.54, 1.807) is 13.0 Å². The Morgan fingerprint density at radius 3 is 2.62 bits per heavy atom. The molecule has 0 saturated heterocycles. The lowest BCUT2D eigenvalue weighted by atomic mass is 10.1. The van der Waals surface area contributed by atoms with Crippen LogP contribution in [0.3, 0.4) is 0 Å². The molecule has 1 aromatic carbocycles. The minimum Gasteiger partial charge on any atom is -0.393 e. The molecule has 0 aromatic heterocycles. The number of rotatable bonds is 5. The molecule has 0 atom stereocenters. The van der Waals surface area contributed by atoms with E-state index in [2.05, 4.69) is 4.72 Å². The van der Waals surface area contributed by atoms with Crippen LogP contribution in [0.5, 0.6) is 5.75 Å². The molecule has 0 aliphatic carbocycles. The molecule has 5 nitrogen and oxygen atoms in total. The summed E-state index contributed by atoms with van der Waals surface area (Å²) in [6.07, 6.45) is 0. The summed E-state index contributed by atoms with van der Waals surface area (Å²) in [5.74, 6) is 0.501. The van der Waals surface area contributed by atoms with Gasteiger partial charge in [-0.1, -0.05) is 19.1 Å². The van der Waals surface area contributed by atoms with Crippen LogP contribution in [0.4, 0.5) is 0 Å². The van der Waals surface area contributed by atoms with Crippen molar-refractivity contribution in [2.45, 2.75) is 20.8 Å². The SMILES string of the molecule is CCNS(=O)(=O)NOc1cc(C)ccc1C. The molecule has 6 heteroatoms. The summed E-state index contributed by atoms with van der Waals surface area (Å²) in [5.41, 5.74) is 1.87. The van der Waals surface area contributed by atoms with Gasteiger partial charge in [-0.15, -0.1) is 0 Å². The van der Waals surface area contributed by atoms with Gasteiger partial charge in [0.15, 0.2) is 5.75 Å². The molecule has 0 aliphatic heterocycles. The monoisotopic (exact) mass is 244 g/mol. The summed E-state index contributed by atoms with van der Waals surface area (Å²) >= 11 is 0. The third-order valence-corrected chi connectivity index (χ3v) is 2.91. The maximum Gasteiger partial charge on any atom is 0.308 e. The number of aryl methyl sites for hydroxylation is 2. The molecule has 0 unspecified atom stereocenters. The fourth-order valence-corrected chi connectivity index (χ4v) is 1.77. The second-order valence-corrected chi connectivity index (χ2v) is 4.92. The molecular weight excluding hydrogens is 228 g/mol. The second kappa shape index (κ2) is 5.29. The first-order valence-corrected chi connectivity index (χ1v) is 6.43. The van der Waals surface area contributed by atoms with Gasteiger partial charge in [0, 0.05) is 6.54 Å². The van der Waals surface area contributed by atoms with Gasteiger partial charge < -0.3 is 4.84 Å².